The maximum absolute atomic E-state index is 12.0. The quantitative estimate of drug-likeness (QED) is 0.811. The molecular weight excluding hydrogens is 253 g/mol. The topological polar surface area (TPSA) is 65.2 Å². The normalized spacial score (nSPS) is 17.8. The van der Waals surface area contributed by atoms with Crippen LogP contribution in [0.25, 0.3) is 0 Å². The van der Waals surface area contributed by atoms with Crippen molar-refractivity contribution >= 4 is 5.78 Å². The van der Waals surface area contributed by atoms with Gasteiger partial charge in [-0.3, -0.25) is 4.79 Å². The first kappa shape index (κ1) is 13.0. The van der Waals surface area contributed by atoms with Crippen molar-refractivity contribution in [2.75, 3.05) is 7.11 Å². The smallest absolute Gasteiger partial charge is 0.373 e. The lowest BCUT2D eigenvalue weighted by molar-refractivity contribution is -0.170. The Morgan fingerprint density at radius 1 is 1.56 bits per heavy atom. The fraction of sp³-hybridized carbons (Fsp3) is 0.700. The summed E-state index contributed by atoms with van der Waals surface area (Å²) in [6.45, 7) is 0. The van der Waals surface area contributed by atoms with Crippen LogP contribution < -0.4 is 0 Å². The highest BCUT2D eigenvalue weighted by Crippen LogP contribution is 2.41. The number of hydrogen-bond donors (Lipinski definition) is 0. The summed E-state index contributed by atoms with van der Waals surface area (Å²) in [5.41, 5.74) is 0. The number of nitrogens with zero attached hydrogens (tertiary/aromatic N) is 2. The van der Waals surface area contributed by atoms with Crippen LogP contribution in [0.15, 0.2) is 4.52 Å². The molecule has 0 aromatic carbocycles. The molecule has 1 heterocycles. The van der Waals surface area contributed by atoms with E-state index in [1.54, 1.807) is 0 Å². The zero-order chi connectivity index (χ0) is 13.3. The average molecular weight is 264 g/mol. The molecule has 8 heteroatoms. The molecule has 0 radical (unpaired) electrons. The largest absolute Gasteiger partial charge is 0.450 e. The van der Waals surface area contributed by atoms with E-state index in [1.165, 1.54) is 7.11 Å². The van der Waals surface area contributed by atoms with Gasteiger partial charge in [0.15, 0.2) is 0 Å². The van der Waals surface area contributed by atoms with E-state index < -0.39 is 18.4 Å². The van der Waals surface area contributed by atoms with Crippen LogP contribution in [0.2, 0.25) is 0 Å². The van der Waals surface area contributed by atoms with Crippen LogP contribution in [0, 0.1) is 5.92 Å². The lowest BCUT2D eigenvalue weighted by atomic mass is 10.2. The zero-order valence-corrected chi connectivity index (χ0v) is 9.53. The molecule has 1 aliphatic carbocycles. The molecule has 100 valence electrons. The molecule has 18 heavy (non-hydrogen) atoms. The highest BCUT2D eigenvalue weighted by atomic mass is 19.4. The van der Waals surface area contributed by atoms with Crippen molar-refractivity contribution in [3.05, 3.63) is 11.7 Å². The highest BCUT2D eigenvalue weighted by Gasteiger charge is 2.40. The van der Waals surface area contributed by atoms with Gasteiger partial charge in [-0.05, 0) is 18.8 Å². The fourth-order valence-corrected chi connectivity index (χ4v) is 1.60. The van der Waals surface area contributed by atoms with Crippen molar-refractivity contribution in [2.45, 2.75) is 31.5 Å². The van der Waals surface area contributed by atoms with Crippen LogP contribution in [0.3, 0.4) is 0 Å². The SMILES string of the molecule is COC(c1noc(CC(=O)C(F)(F)F)n1)C1CC1. The van der Waals surface area contributed by atoms with Crippen molar-refractivity contribution < 1.29 is 27.2 Å². The number of halogens is 3. The number of methoxy groups -OCH3 is 1. The Bertz CT molecular complexity index is 440. The molecule has 0 amide bonds. The van der Waals surface area contributed by atoms with Gasteiger partial charge in [-0.2, -0.15) is 18.2 Å². The number of Topliss-reactive ketones (excluding diaryl/α,β-unsaturated/α-hetero) is 1. The first-order valence-corrected chi connectivity index (χ1v) is 5.37. The van der Waals surface area contributed by atoms with E-state index in [-0.39, 0.29) is 23.7 Å². The van der Waals surface area contributed by atoms with Gasteiger partial charge in [0.1, 0.15) is 6.10 Å². The van der Waals surface area contributed by atoms with E-state index >= 15 is 0 Å². The van der Waals surface area contributed by atoms with Crippen LogP contribution in [-0.4, -0.2) is 29.2 Å². The summed E-state index contributed by atoms with van der Waals surface area (Å²) in [5, 5.41) is 3.55. The Morgan fingerprint density at radius 2 is 2.22 bits per heavy atom. The lowest BCUT2D eigenvalue weighted by Gasteiger charge is -2.08. The van der Waals surface area contributed by atoms with Crippen molar-refractivity contribution in [3.63, 3.8) is 0 Å². The molecule has 1 aromatic rings. The van der Waals surface area contributed by atoms with Gasteiger partial charge in [0.05, 0.1) is 6.42 Å². The minimum Gasteiger partial charge on any atom is -0.373 e. The molecule has 1 atom stereocenters. The van der Waals surface area contributed by atoms with Crippen molar-refractivity contribution in [1.29, 1.82) is 0 Å². The van der Waals surface area contributed by atoms with Gasteiger partial charge in [0.25, 0.3) is 0 Å². The molecule has 1 aromatic heterocycles. The zero-order valence-electron chi connectivity index (χ0n) is 9.53. The second-order valence-corrected chi connectivity index (χ2v) is 4.14. The van der Waals surface area contributed by atoms with E-state index in [9.17, 15) is 18.0 Å². The van der Waals surface area contributed by atoms with Gasteiger partial charge in [-0.1, -0.05) is 5.16 Å². The maximum Gasteiger partial charge on any atom is 0.450 e. The third-order valence-corrected chi connectivity index (χ3v) is 2.67. The molecular formula is C10H11F3N2O3. The standard InChI is InChI=1S/C10H11F3N2O3/c1-17-8(5-2-3-5)9-14-7(18-15-9)4-6(16)10(11,12)13/h5,8H,2-4H2,1H3. The average Bonchev–Trinajstić information content (AvgIpc) is 3.00. The Kier molecular flexibility index (Phi) is 3.38. The summed E-state index contributed by atoms with van der Waals surface area (Å²) in [5.74, 6) is -1.77. The summed E-state index contributed by atoms with van der Waals surface area (Å²) in [6, 6.07) is 0. The second kappa shape index (κ2) is 4.68. The minimum absolute atomic E-state index is 0.199. The van der Waals surface area contributed by atoms with E-state index in [0.717, 1.165) is 12.8 Å². The number of ketones is 1. The predicted octanol–water partition coefficient (Wildman–Crippen LogP) is 1.84. The number of ether oxygens (including phenoxy) is 1. The molecule has 0 N–H and O–H groups in total. The Morgan fingerprint density at radius 3 is 2.72 bits per heavy atom. The molecule has 1 fully saturated rings. The van der Waals surface area contributed by atoms with Crippen LogP contribution in [0.1, 0.15) is 30.7 Å². The number of aromatic nitrogens is 2. The van der Waals surface area contributed by atoms with Crippen LogP contribution in [-0.2, 0) is 16.0 Å². The van der Waals surface area contributed by atoms with Crippen LogP contribution in [0.5, 0.6) is 0 Å². The fourth-order valence-electron chi connectivity index (χ4n) is 1.60. The van der Waals surface area contributed by atoms with Crippen molar-refractivity contribution in [1.82, 2.24) is 10.1 Å². The number of rotatable bonds is 5. The Hall–Kier alpha value is -1.44. The molecule has 0 spiro atoms. The number of hydrogen-bond acceptors (Lipinski definition) is 5. The van der Waals surface area contributed by atoms with Crippen LogP contribution in [0.4, 0.5) is 13.2 Å². The van der Waals surface area contributed by atoms with Crippen molar-refractivity contribution in [3.8, 4) is 0 Å². The molecule has 1 aliphatic rings. The van der Waals surface area contributed by atoms with Gasteiger partial charge >= 0.3 is 6.18 Å². The van der Waals surface area contributed by atoms with Gasteiger partial charge in [-0.15, -0.1) is 0 Å². The van der Waals surface area contributed by atoms with E-state index in [0.29, 0.717) is 0 Å². The summed E-state index contributed by atoms with van der Waals surface area (Å²) < 4.78 is 45.9. The first-order chi connectivity index (χ1) is 8.41. The van der Waals surface area contributed by atoms with Crippen LogP contribution >= 0.6 is 0 Å². The molecule has 1 unspecified atom stereocenters. The van der Waals surface area contributed by atoms with E-state index in [1.807, 2.05) is 0 Å². The maximum atomic E-state index is 12.0. The summed E-state index contributed by atoms with van der Waals surface area (Å²) in [4.78, 5) is 14.5. The van der Waals surface area contributed by atoms with Gasteiger partial charge in [0, 0.05) is 7.11 Å². The van der Waals surface area contributed by atoms with E-state index in [4.69, 9.17) is 4.74 Å². The summed E-state index contributed by atoms with van der Waals surface area (Å²) in [6.07, 6.45) is -4.26. The molecule has 2 rings (SSSR count). The van der Waals surface area contributed by atoms with Gasteiger partial charge in [0.2, 0.25) is 17.5 Å². The Labute approximate surface area is 100 Å². The van der Waals surface area contributed by atoms with E-state index in [2.05, 4.69) is 14.7 Å². The Balaban J connectivity index is 2.03. The minimum atomic E-state index is -4.88. The number of alkyl halides is 3. The molecule has 0 saturated heterocycles. The van der Waals surface area contributed by atoms with Crippen molar-refractivity contribution in [2.24, 2.45) is 5.92 Å². The highest BCUT2D eigenvalue weighted by molar-refractivity contribution is 5.85. The first-order valence-electron chi connectivity index (χ1n) is 5.37. The number of carbonyl (C=O) groups is 1. The molecule has 5 nitrogen and oxygen atoms in total. The summed E-state index contributed by atoms with van der Waals surface area (Å²) >= 11 is 0. The van der Waals surface area contributed by atoms with Gasteiger partial charge < -0.3 is 9.26 Å². The molecule has 1 saturated carbocycles. The predicted molar refractivity (Wildman–Crippen MR) is 51.5 cm³/mol. The third kappa shape index (κ3) is 2.87. The summed E-state index contributed by atoms with van der Waals surface area (Å²) in [7, 11) is 1.47. The lowest BCUT2D eigenvalue weighted by Crippen LogP contribution is -2.24. The monoisotopic (exact) mass is 264 g/mol. The molecule has 0 aliphatic heterocycles. The third-order valence-electron chi connectivity index (χ3n) is 2.67. The van der Waals surface area contributed by atoms with Gasteiger partial charge in [-0.25, -0.2) is 0 Å². The molecule has 0 bridgehead atoms. The second-order valence-electron chi connectivity index (χ2n) is 4.14. The number of carbonyl (C=O) groups excluding carboxylic acids is 1.